The number of fused-ring (bicyclic) bond motifs is 1. The Morgan fingerprint density at radius 2 is 1.58 bits per heavy atom. The summed E-state index contributed by atoms with van der Waals surface area (Å²) in [5.41, 5.74) is 4.74. The predicted octanol–water partition coefficient (Wildman–Crippen LogP) is 6.45. The van der Waals surface area contributed by atoms with Gasteiger partial charge in [0.1, 0.15) is 5.75 Å². The summed E-state index contributed by atoms with van der Waals surface area (Å²) in [6.45, 7) is 4.23. The standard InChI is InChI=1S/C28H31N3O5/c1-28(2)17-19(23-15-26(35-4)27(36-5)16-25(23)30-28)14-24(18-6-10-21(11-7-18)31(32)33)29-20-8-12-22(34-3)13-9-20/h6-13,15-17,24,29-30H,14H2,1-5H3. The molecule has 1 heterocycles. The Morgan fingerprint density at radius 1 is 0.944 bits per heavy atom. The van der Waals surface area contributed by atoms with Crippen molar-refractivity contribution < 1.29 is 19.1 Å². The van der Waals surface area contributed by atoms with Crippen molar-refractivity contribution in [3.8, 4) is 17.2 Å². The quantitative estimate of drug-likeness (QED) is 0.263. The van der Waals surface area contributed by atoms with Crippen LogP contribution in [-0.2, 0) is 0 Å². The van der Waals surface area contributed by atoms with E-state index in [-0.39, 0.29) is 22.2 Å². The second kappa shape index (κ2) is 10.2. The molecule has 3 aromatic rings. The molecule has 0 radical (unpaired) electrons. The fourth-order valence-electron chi connectivity index (χ4n) is 4.50. The molecule has 1 aliphatic rings. The van der Waals surface area contributed by atoms with E-state index in [9.17, 15) is 10.1 Å². The first kappa shape index (κ1) is 24.9. The average molecular weight is 490 g/mol. The topological polar surface area (TPSA) is 94.9 Å². The zero-order valence-corrected chi connectivity index (χ0v) is 21.1. The van der Waals surface area contributed by atoms with Crippen LogP contribution in [-0.4, -0.2) is 31.8 Å². The molecule has 0 bridgehead atoms. The van der Waals surface area contributed by atoms with E-state index in [0.29, 0.717) is 17.9 Å². The molecule has 1 atom stereocenters. The summed E-state index contributed by atoms with van der Waals surface area (Å²) in [6, 6.07) is 18.2. The minimum absolute atomic E-state index is 0.0614. The van der Waals surface area contributed by atoms with Crippen molar-refractivity contribution in [2.24, 2.45) is 0 Å². The molecule has 188 valence electrons. The largest absolute Gasteiger partial charge is 0.497 e. The maximum Gasteiger partial charge on any atom is 0.269 e. The first-order valence-corrected chi connectivity index (χ1v) is 11.6. The SMILES string of the molecule is COc1ccc(NC(CC2=CC(C)(C)Nc3cc(OC)c(OC)cc32)c2ccc([N+](=O)[O-])cc2)cc1. The highest BCUT2D eigenvalue weighted by Gasteiger charge is 2.28. The number of methoxy groups -OCH3 is 3. The third kappa shape index (κ3) is 5.38. The number of nitro benzene ring substituents is 1. The fraction of sp³-hybridized carbons (Fsp3) is 0.286. The Morgan fingerprint density at radius 3 is 2.17 bits per heavy atom. The van der Waals surface area contributed by atoms with Gasteiger partial charge in [-0.1, -0.05) is 18.2 Å². The highest BCUT2D eigenvalue weighted by atomic mass is 16.6. The van der Waals surface area contributed by atoms with Gasteiger partial charge in [-0.2, -0.15) is 0 Å². The van der Waals surface area contributed by atoms with Gasteiger partial charge in [-0.15, -0.1) is 0 Å². The summed E-state index contributed by atoms with van der Waals surface area (Å²) >= 11 is 0. The van der Waals surface area contributed by atoms with Crippen LogP contribution in [0.15, 0.2) is 66.7 Å². The number of hydrogen-bond acceptors (Lipinski definition) is 7. The smallest absolute Gasteiger partial charge is 0.269 e. The molecule has 4 rings (SSSR count). The molecule has 0 aromatic heterocycles. The first-order chi connectivity index (χ1) is 17.2. The van der Waals surface area contributed by atoms with Gasteiger partial charge in [-0.3, -0.25) is 10.1 Å². The lowest BCUT2D eigenvalue weighted by Crippen LogP contribution is -2.32. The Bertz CT molecular complexity index is 1270. The van der Waals surface area contributed by atoms with Gasteiger partial charge >= 0.3 is 0 Å². The normalized spacial score (nSPS) is 14.5. The van der Waals surface area contributed by atoms with E-state index < -0.39 is 0 Å². The van der Waals surface area contributed by atoms with Crippen molar-refractivity contribution in [1.29, 1.82) is 0 Å². The monoisotopic (exact) mass is 489 g/mol. The Hall–Kier alpha value is -4.20. The van der Waals surface area contributed by atoms with Crippen LogP contribution in [0, 0.1) is 10.1 Å². The highest BCUT2D eigenvalue weighted by molar-refractivity contribution is 5.84. The van der Waals surface area contributed by atoms with Crippen molar-refractivity contribution in [1.82, 2.24) is 0 Å². The average Bonchev–Trinajstić information content (AvgIpc) is 2.87. The van der Waals surface area contributed by atoms with Gasteiger partial charge in [0, 0.05) is 35.1 Å². The molecule has 0 saturated heterocycles. The van der Waals surface area contributed by atoms with Crippen molar-refractivity contribution in [3.05, 3.63) is 88.0 Å². The summed E-state index contributed by atoms with van der Waals surface area (Å²) in [7, 11) is 4.88. The van der Waals surface area contributed by atoms with E-state index in [0.717, 1.165) is 33.8 Å². The number of nitro groups is 1. The molecule has 36 heavy (non-hydrogen) atoms. The molecule has 3 aromatic carbocycles. The molecular weight excluding hydrogens is 458 g/mol. The molecule has 8 heteroatoms. The molecule has 0 fully saturated rings. The lowest BCUT2D eigenvalue weighted by atomic mass is 9.85. The predicted molar refractivity (Wildman–Crippen MR) is 142 cm³/mol. The van der Waals surface area contributed by atoms with Gasteiger partial charge in [0.15, 0.2) is 11.5 Å². The molecule has 0 spiro atoms. The molecule has 1 unspecified atom stereocenters. The molecular formula is C28H31N3O5. The van der Waals surface area contributed by atoms with Crippen molar-refractivity contribution >= 4 is 22.6 Å². The number of non-ortho nitro benzene ring substituents is 1. The second-order valence-electron chi connectivity index (χ2n) is 9.25. The number of nitrogens with zero attached hydrogens (tertiary/aromatic N) is 1. The van der Waals surface area contributed by atoms with E-state index in [1.807, 2.05) is 48.5 Å². The number of ether oxygens (including phenoxy) is 3. The maximum atomic E-state index is 11.2. The Kier molecular flexibility index (Phi) is 7.05. The van der Waals surface area contributed by atoms with Crippen LogP contribution >= 0.6 is 0 Å². The van der Waals surface area contributed by atoms with Crippen LogP contribution < -0.4 is 24.8 Å². The number of hydrogen-bond donors (Lipinski definition) is 2. The van der Waals surface area contributed by atoms with Crippen molar-refractivity contribution in [3.63, 3.8) is 0 Å². The Labute approximate surface area is 211 Å². The third-order valence-electron chi connectivity index (χ3n) is 6.22. The lowest BCUT2D eigenvalue weighted by molar-refractivity contribution is -0.384. The first-order valence-electron chi connectivity index (χ1n) is 11.6. The van der Waals surface area contributed by atoms with Gasteiger partial charge in [0.05, 0.1) is 37.8 Å². The maximum absolute atomic E-state index is 11.2. The number of rotatable bonds is 9. The van der Waals surface area contributed by atoms with E-state index in [1.54, 1.807) is 33.5 Å². The van der Waals surface area contributed by atoms with Crippen LogP contribution in [0.25, 0.3) is 5.57 Å². The molecule has 2 N–H and O–H groups in total. The van der Waals surface area contributed by atoms with Gasteiger partial charge in [-0.25, -0.2) is 0 Å². The van der Waals surface area contributed by atoms with Crippen LogP contribution in [0.1, 0.15) is 37.4 Å². The fourth-order valence-corrected chi connectivity index (χ4v) is 4.50. The van der Waals surface area contributed by atoms with Gasteiger partial charge in [0.25, 0.3) is 5.69 Å². The van der Waals surface area contributed by atoms with Crippen molar-refractivity contribution in [2.45, 2.75) is 31.8 Å². The zero-order valence-electron chi connectivity index (χ0n) is 21.1. The van der Waals surface area contributed by atoms with E-state index in [4.69, 9.17) is 14.2 Å². The molecule has 8 nitrogen and oxygen atoms in total. The molecule has 1 aliphatic heterocycles. The van der Waals surface area contributed by atoms with Crippen LogP contribution in [0.5, 0.6) is 17.2 Å². The van der Waals surface area contributed by atoms with Crippen LogP contribution in [0.3, 0.4) is 0 Å². The summed E-state index contributed by atoms with van der Waals surface area (Å²) in [4.78, 5) is 10.8. The number of anilines is 2. The molecule has 0 saturated carbocycles. The summed E-state index contributed by atoms with van der Waals surface area (Å²) in [5.74, 6) is 2.08. The van der Waals surface area contributed by atoms with E-state index in [2.05, 4.69) is 30.6 Å². The van der Waals surface area contributed by atoms with E-state index >= 15 is 0 Å². The zero-order chi connectivity index (χ0) is 25.9. The van der Waals surface area contributed by atoms with E-state index in [1.165, 1.54) is 0 Å². The summed E-state index contributed by atoms with van der Waals surface area (Å²) < 4.78 is 16.4. The summed E-state index contributed by atoms with van der Waals surface area (Å²) in [6.07, 6.45) is 2.85. The molecule has 0 aliphatic carbocycles. The van der Waals surface area contributed by atoms with Crippen molar-refractivity contribution in [2.75, 3.05) is 32.0 Å². The van der Waals surface area contributed by atoms with Crippen LogP contribution in [0.2, 0.25) is 0 Å². The van der Waals surface area contributed by atoms with Gasteiger partial charge in [-0.05, 0) is 61.7 Å². The molecule has 0 amide bonds. The van der Waals surface area contributed by atoms with Crippen LogP contribution in [0.4, 0.5) is 17.1 Å². The second-order valence-corrected chi connectivity index (χ2v) is 9.25. The van der Waals surface area contributed by atoms with Gasteiger partial charge < -0.3 is 24.8 Å². The van der Waals surface area contributed by atoms with Gasteiger partial charge in [0.2, 0.25) is 0 Å². The summed E-state index contributed by atoms with van der Waals surface area (Å²) in [5, 5.41) is 18.4. The minimum atomic E-state index is -0.385. The highest BCUT2D eigenvalue weighted by Crippen LogP contribution is 2.44. The minimum Gasteiger partial charge on any atom is -0.497 e. The lowest BCUT2D eigenvalue weighted by Gasteiger charge is -2.34. The Balaban J connectivity index is 1.74. The number of benzene rings is 3. The third-order valence-corrected chi connectivity index (χ3v) is 6.22. The number of nitrogens with one attached hydrogen (secondary N) is 2.